The summed E-state index contributed by atoms with van der Waals surface area (Å²) in [6, 6.07) is 0. The molecule has 0 unspecified atom stereocenters. The second kappa shape index (κ2) is 6.65. The molecule has 0 aromatic carbocycles. The lowest BCUT2D eigenvalue weighted by molar-refractivity contribution is -0.128. The van der Waals surface area contributed by atoms with Crippen LogP contribution < -0.4 is 0 Å². The number of rotatable bonds is 4. The number of aromatic nitrogens is 2. The molecule has 0 spiro atoms. The Morgan fingerprint density at radius 2 is 2.32 bits per heavy atom. The van der Waals surface area contributed by atoms with Crippen molar-refractivity contribution in [2.45, 2.75) is 51.6 Å². The van der Waals surface area contributed by atoms with E-state index < -0.39 is 0 Å². The molecule has 5 nitrogen and oxygen atoms in total. The largest absolute Gasteiger partial charge is 0.384 e. The van der Waals surface area contributed by atoms with Crippen LogP contribution in [0.2, 0.25) is 0 Å². The zero-order valence-corrected chi connectivity index (χ0v) is 13.5. The molecular formula is C17H25N3O2. The second-order valence-corrected chi connectivity index (χ2v) is 6.18. The maximum Gasteiger partial charge on any atom is 0.249 e. The standard InChI is InChI=1S/C17H25N3O2/c1-3-20-16-14(9-18-20)10-19(11-15(16)12-22-2)17(21)13-7-5-4-6-8-13/h7,9,15H,3-6,8,10-12H2,1-2H3/t15-/m1/s1. The summed E-state index contributed by atoms with van der Waals surface area (Å²) in [5.41, 5.74) is 3.40. The minimum absolute atomic E-state index is 0.204. The zero-order chi connectivity index (χ0) is 15.5. The van der Waals surface area contributed by atoms with Gasteiger partial charge >= 0.3 is 0 Å². The van der Waals surface area contributed by atoms with E-state index in [2.05, 4.69) is 18.1 Å². The first-order chi connectivity index (χ1) is 10.7. The molecule has 0 bridgehead atoms. The Labute approximate surface area is 131 Å². The van der Waals surface area contributed by atoms with Gasteiger partial charge in [0.1, 0.15) is 0 Å². The lowest BCUT2D eigenvalue weighted by Gasteiger charge is -2.34. The second-order valence-electron chi connectivity index (χ2n) is 6.18. The Hall–Kier alpha value is -1.62. The van der Waals surface area contributed by atoms with Gasteiger partial charge < -0.3 is 9.64 Å². The molecule has 1 aliphatic carbocycles. The van der Waals surface area contributed by atoms with Crippen LogP contribution in [0.5, 0.6) is 0 Å². The summed E-state index contributed by atoms with van der Waals surface area (Å²) in [5.74, 6) is 0.417. The fourth-order valence-corrected chi connectivity index (χ4v) is 3.63. The Bertz CT molecular complexity index is 576. The lowest BCUT2D eigenvalue weighted by atomic mass is 9.94. The molecule has 1 aromatic heterocycles. The molecule has 1 aromatic rings. The Kier molecular flexibility index (Phi) is 4.62. The zero-order valence-electron chi connectivity index (χ0n) is 13.5. The van der Waals surface area contributed by atoms with Crippen molar-refractivity contribution in [1.82, 2.24) is 14.7 Å². The monoisotopic (exact) mass is 303 g/mol. The van der Waals surface area contributed by atoms with E-state index in [1.165, 1.54) is 17.7 Å². The molecule has 0 saturated carbocycles. The molecule has 22 heavy (non-hydrogen) atoms. The molecule has 0 saturated heterocycles. The maximum absolute atomic E-state index is 12.8. The van der Waals surface area contributed by atoms with Crippen LogP contribution in [0, 0.1) is 0 Å². The molecule has 2 aliphatic rings. The van der Waals surface area contributed by atoms with Gasteiger partial charge in [-0.05, 0) is 32.6 Å². The highest BCUT2D eigenvalue weighted by atomic mass is 16.5. The molecule has 0 radical (unpaired) electrons. The summed E-state index contributed by atoms with van der Waals surface area (Å²) >= 11 is 0. The number of carbonyl (C=O) groups is 1. The van der Waals surface area contributed by atoms with Crippen molar-refractivity contribution in [2.24, 2.45) is 0 Å². The highest BCUT2D eigenvalue weighted by Crippen LogP contribution is 2.30. The SMILES string of the molecule is CCn1ncc2c1[C@@H](COC)CN(C(=O)C1=CCCCC1)C2. The van der Waals surface area contributed by atoms with Crippen molar-refractivity contribution < 1.29 is 9.53 Å². The van der Waals surface area contributed by atoms with Crippen molar-refractivity contribution in [3.63, 3.8) is 0 Å². The number of ether oxygens (including phenoxy) is 1. The third-order valence-electron chi connectivity index (χ3n) is 4.67. The number of hydrogen-bond donors (Lipinski definition) is 0. The molecule has 1 atom stereocenters. The van der Waals surface area contributed by atoms with Crippen LogP contribution in [0.15, 0.2) is 17.8 Å². The van der Waals surface area contributed by atoms with Gasteiger partial charge in [0.05, 0.1) is 18.5 Å². The molecule has 0 fully saturated rings. The van der Waals surface area contributed by atoms with Crippen LogP contribution in [0.4, 0.5) is 0 Å². The Morgan fingerprint density at radius 1 is 1.45 bits per heavy atom. The molecule has 2 heterocycles. The minimum atomic E-state index is 0.204. The average molecular weight is 303 g/mol. The van der Waals surface area contributed by atoms with Crippen LogP contribution in [0.1, 0.15) is 49.8 Å². The summed E-state index contributed by atoms with van der Waals surface area (Å²) in [7, 11) is 1.72. The van der Waals surface area contributed by atoms with Crippen LogP contribution in [-0.2, 0) is 22.6 Å². The molecule has 5 heteroatoms. The van der Waals surface area contributed by atoms with Crippen LogP contribution in [0.3, 0.4) is 0 Å². The summed E-state index contributed by atoms with van der Waals surface area (Å²) < 4.78 is 7.43. The first-order valence-corrected chi connectivity index (χ1v) is 8.26. The van der Waals surface area contributed by atoms with Crippen molar-refractivity contribution in [3.8, 4) is 0 Å². The molecule has 120 valence electrons. The van der Waals surface area contributed by atoms with Gasteiger partial charge in [0.15, 0.2) is 0 Å². The Balaban J connectivity index is 1.84. The fraction of sp³-hybridized carbons (Fsp3) is 0.647. The van der Waals surface area contributed by atoms with Crippen molar-refractivity contribution in [2.75, 3.05) is 20.3 Å². The van der Waals surface area contributed by atoms with E-state index in [-0.39, 0.29) is 11.8 Å². The van der Waals surface area contributed by atoms with E-state index in [9.17, 15) is 4.79 Å². The molecule has 3 rings (SSSR count). The Morgan fingerprint density at radius 3 is 3.00 bits per heavy atom. The van der Waals surface area contributed by atoms with E-state index >= 15 is 0 Å². The first kappa shape index (κ1) is 15.3. The van der Waals surface area contributed by atoms with E-state index in [1.54, 1.807) is 7.11 Å². The van der Waals surface area contributed by atoms with E-state index in [1.807, 2.05) is 15.8 Å². The van der Waals surface area contributed by atoms with Gasteiger partial charge in [-0.25, -0.2) is 0 Å². The van der Waals surface area contributed by atoms with Crippen LogP contribution in [0.25, 0.3) is 0 Å². The number of nitrogens with zero attached hydrogens (tertiary/aromatic N) is 3. The smallest absolute Gasteiger partial charge is 0.249 e. The lowest BCUT2D eigenvalue weighted by Crippen LogP contribution is -2.40. The molecule has 1 aliphatic heterocycles. The predicted molar refractivity (Wildman–Crippen MR) is 84.5 cm³/mol. The van der Waals surface area contributed by atoms with Gasteiger partial charge in [-0.3, -0.25) is 9.48 Å². The highest BCUT2D eigenvalue weighted by Gasteiger charge is 2.32. The number of allylic oxidation sites excluding steroid dienone is 1. The minimum Gasteiger partial charge on any atom is -0.384 e. The summed E-state index contributed by atoms with van der Waals surface area (Å²) in [6.07, 6.45) is 8.33. The van der Waals surface area contributed by atoms with Crippen molar-refractivity contribution in [3.05, 3.63) is 29.1 Å². The number of carbonyl (C=O) groups excluding carboxylic acids is 1. The van der Waals surface area contributed by atoms with E-state index in [4.69, 9.17) is 4.74 Å². The van der Waals surface area contributed by atoms with Crippen molar-refractivity contribution >= 4 is 5.91 Å². The molecular weight excluding hydrogens is 278 g/mol. The van der Waals surface area contributed by atoms with Gasteiger partial charge in [-0.15, -0.1) is 0 Å². The number of fused-ring (bicyclic) bond motifs is 1. The quantitative estimate of drug-likeness (QED) is 0.858. The summed E-state index contributed by atoms with van der Waals surface area (Å²) in [5, 5.41) is 4.46. The van der Waals surface area contributed by atoms with Crippen molar-refractivity contribution in [1.29, 1.82) is 0 Å². The predicted octanol–water partition coefficient (Wildman–Crippen LogP) is 2.48. The fourth-order valence-electron chi connectivity index (χ4n) is 3.63. The van der Waals surface area contributed by atoms with E-state index in [0.29, 0.717) is 13.2 Å². The molecule has 0 N–H and O–H groups in total. The maximum atomic E-state index is 12.8. The third kappa shape index (κ3) is 2.82. The third-order valence-corrected chi connectivity index (χ3v) is 4.67. The summed E-state index contributed by atoms with van der Waals surface area (Å²) in [6.45, 7) is 4.98. The van der Waals surface area contributed by atoms with Gasteiger partial charge in [0, 0.05) is 43.8 Å². The number of amides is 1. The normalized spacial score (nSPS) is 21.5. The average Bonchev–Trinajstić information content (AvgIpc) is 2.98. The number of aryl methyl sites for hydroxylation is 1. The van der Waals surface area contributed by atoms with Gasteiger partial charge in [-0.2, -0.15) is 5.10 Å². The number of methoxy groups -OCH3 is 1. The molecule has 1 amide bonds. The van der Waals surface area contributed by atoms with E-state index in [0.717, 1.165) is 37.9 Å². The van der Waals surface area contributed by atoms with Gasteiger partial charge in [-0.1, -0.05) is 6.08 Å². The highest BCUT2D eigenvalue weighted by molar-refractivity contribution is 5.93. The van der Waals surface area contributed by atoms with Gasteiger partial charge in [0.25, 0.3) is 0 Å². The number of hydrogen-bond acceptors (Lipinski definition) is 3. The van der Waals surface area contributed by atoms with Gasteiger partial charge in [0.2, 0.25) is 5.91 Å². The summed E-state index contributed by atoms with van der Waals surface area (Å²) in [4.78, 5) is 14.8. The first-order valence-electron chi connectivity index (χ1n) is 8.26. The topological polar surface area (TPSA) is 47.4 Å². The van der Waals surface area contributed by atoms with Crippen LogP contribution >= 0.6 is 0 Å². The van der Waals surface area contributed by atoms with Crippen LogP contribution in [-0.4, -0.2) is 40.8 Å².